The zero-order chi connectivity index (χ0) is 14.9. The topological polar surface area (TPSA) is 41.0 Å². The van der Waals surface area contributed by atoms with E-state index < -0.39 is 0 Å². The van der Waals surface area contributed by atoms with Crippen molar-refractivity contribution in [2.75, 3.05) is 13.1 Å². The fourth-order valence-electron chi connectivity index (χ4n) is 2.23. The van der Waals surface area contributed by atoms with Gasteiger partial charge in [0.2, 0.25) is 0 Å². The van der Waals surface area contributed by atoms with Crippen molar-refractivity contribution in [2.24, 2.45) is 0 Å². The number of aromatic nitrogens is 2. The van der Waals surface area contributed by atoms with Crippen molar-refractivity contribution in [1.29, 1.82) is 0 Å². The van der Waals surface area contributed by atoms with E-state index in [1.165, 1.54) is 11.1 Å². The normalized spacial score (nSPS) is 11.0. The second-order valence-electron chi connectivity index (χ2n) is 5.08. The summed E-state index contributed by atoms with van der Waals surface area (Å²) in [4.78, 5) is 10.5. The molecule has 1 N–H and O–H groups in total. The lowest BCUT2D eigenvalue weighted by Crippen LogP contribution is -2.22. The maximum Gasteiger partial charge on any atom is 0.115 e. The molecule has 0 saturated heterocycles. The molecule has 0 bridgehead atoms. The summed E-state index contributed by atoms with van der Waals surface area (Å²) in [5, 5.41) is 3.40. The van der Waals surface area contributed by atoms with E-state index in [0.29, 0.717) is 0 Å². The molecule has 0 amide bonds. The van der Waals surface area contributed by atoms with Gasteiger partial charge in [-0.25, -0.2) is 9.97 Å². The van der Waals surface area contributed by atoms with Gasteiger partial charge in [-0.15, -0.1) is 0 Å². The first-order chi connectivity index (χ1) is 10.3. The Bertz CT molecular complexity index is 506. The van der Waals surface area contributed by atoms with Gasteiger partial charge in [-0.05, 0) is 30.3 Å². The molecule has 0 saturated carbocycles. The molecule has 1 aromatic carbocycles. The number of rotatable bonds is 8. The van der Waals surface area contributed by atoms with Crippen LogP contribution >= 0.6 is 0 Å². The van der Waals surface area contributed by atoms with Crippen LogP contribution in [0, 0.1) is 0 Å². The molecule has 0 atom stereocenters. The van der Waals surface area contributed by atoms with Crippen LogP contribution in [0.2, 0.25) is 0 Å². The van der Waals surface area contributed by atoms with E-state index >= 15 is 0 Å². The van der Waals surface area contributed by atoms with Gasteiger partial charge in [0.25, 0.3) is 0 Å². The highest BCUT2D eigenvalue weighted by Gasteiger charge is 2.01. The van der Waals surface area contributed by atoms with Crippen LogP contribution < -0.4 is 5.32 Å². The fraction of sp³-hybridized carbons (Fsp3) is 0.412. The van der Waals surface area contributed by atoms with Crippen LogP contribution in [0.15, 0.2) is 42.9 Å². The van der Waals surface area contributed by atoms with Crippen LogP contribution in [0.5, 0.6) is 0 Å². The molecule has 112 valence electrons. The van der Waals surface area contributed by atoms with Crippen molar-refractivity contribution in [3.8, 4) is 0 Å². The van der Waals surface area contributed by atoms with Crippen molar-refractivity contribution in [3.63, 3.8) is 0 Å². The Kier molecular flexibility index (Phi) is 6.31. The SMILES string of the molecule is CCN(CC)Cc1ccc(CNCc2ccncn2)cc1. The van der Waals surface area contributed by atoms with Crippen LogP contribution in [0.1, 0.15) is 30.7 Å². The van der Waals surface area contributed by atoms with E-state index in [4.69, 9.17) is 0 Å². The zero-order valence-corrected chi connectivity index (χ0v) is 12.9. The van der Waals surface area contributed by atoms with E-state index in [9.17, 15) is 0 Å². The van der Waals surface area contributed by atoms with Gasteiger partial charge in [0, 0.05) is 25.8 Å². The summed E-state index contributed by atoms with van der Waals surface area (Å²) in [7, 11) is 0. The maximum absolute atomic E-state index is 4.20. The molecule has 0 aliphatic heterocycles. The molecule has 0 unspecified atom stereocenters. The number of hydrogen-bond donors (Lipinski definition) is 1. The van der Waals surface area contributed by atoms with Crippen LogP contribution in [0.25, 0.3) is 0 Å². The van der Waals surface area contributed by atoms with Crippen LogP contribution in [-0.4, -0.2) is 28.0 Å². The van der Waals surface area contributed by atoms with E-state index in [1.807, 2.05) is 6.07 Å². The van der Waals surface area contributed by atoms with Gasteiger partial charge in [0.15, 0.2) is 0 Å². The summed E-state index contributed by atoms with van der Waals surface area (Å²) in [6, 6.07) is 10.8. The lowest BCUT2D eigenvalue weighted by molar-refractivity contribution is 0.296. The Labute approximate surface area is 127 Å². The third-order valence-electron chi connectivity index (χ3n) is 3.60. The van der Waals surface area contributed by atoms with Crippen molar-refractivity contribution in [2.45, 2.75) is 33.5 Å². The molecule has 0 spiro atoms. The summed E-state index contributed by atoms with van der Waals surface area (Å²) in [6.45, 7) is 9.25. The van der Waals surface area contributed by atoms with Crippen molar-refractivity contribution in [1.82, 2.24) is 20.2 Å². The molecule has 4 heteroatoms. The standard InChI is InChI=1S/C17H24N4/c1-3-21(4-2)13-16-7-5-15(6-8-16)11-19-12-17-9-10-18-14-20-17/h5-10,14,19H,3-4,11-13H2,1-2H3. The van der Waals surface area contributed by atoms with E-state index in [0.717, 1.165) is 38.4 Å². The van der Waals surface area contributed by atoms with Crippen LogP contribution in [0.4, 0.5) is 0 Å². The number of hydrogen-bond acceptors (Lipinski definition) is 4. The smallest absolute Gasteiger partial charge is 0.115 e. The molecule has 0 aliphatic carbocycles. The quantitative estimate of drug-likeness (QED) is 0.809. The van der Waals surface area contributed by atoms with E-state index in [1.54, 1.807) is 12.5 Å². The summed E-state index contributed by atoms with van der Waals surface area (Å²) >= 11 is 0. The average molecular weight is 284 g/mol. The van der Waals surface area contributed by atoms with Crippen LogP contribution in [0.3, 0.4) is 0 Å². The molecule has 4 nitrogen and oxygen atoms in total. The summed E-state index contributed by atoms with van der Waals surface area (Å²) in [6.07, 6.45) is 3.35. The van der Waals surface area contributed by atoms with Gasteiger partial charge >= 0.3 is 0 Å². The molecule has 0 fully saturated rings. The third kappa shape index (κ3) is 5.25. The number of nitrogens with zero attached hydrogens (tertiary/aromatic N) is 3. The highest BCUT2D eigenvalue weighted by atomic mass is 15.1. The Balaban J connectivity index is 1.79. The average Bonchev–Trinajstić information content (AvgIpc) is 2.55. The van der Waals surface area contributed by atoms with Crippen LogP contribution in [-0.2, 0) is 19.6 Å². The molecule has 2 rings (SSSR count). The van der Waals surface area contributed by atoms with Gasteiger partial charge in [-0.2, -0.15) is 0 Å². The lowest BCUT2D eigenvalue weighted by atomic mass is 10.1. The monoisotopic (exact) mass is 284 g/mol. The second-order valence-corrected chi connectivity index (χ2v) is 5.08. The Morgan fingerprint density at radius 3 is 2.29 bits per heavy atom. The predicted molar refractivity (Wildman–Crippen MR) is 85.6 cm³/mol. The molecule has 21 heavy (non-hydrogen) atoms. The van der Waals surface area contributed by atoms with Gasteiger partial charge in [-0.1, -0.05) is 38.1 Å². The minimum absolute atomic E-state index is 0.768. The van der Waals surface area contributed by atoms with Gasteiger partial charge in [0.05, 0.1) is 5.69 Å². The summed E-state index contributed by atoms with van der Waals surface area (Å²) in [5.74, 6) is 0. The van der Waals surface area contributed by atoms with Crippen molar-refractivity contribution >= 4 is 0 Å². The first kappa shape index (κ1) is 15.6. The minimum Gasteiger partial charge on any atom is -0.307 e. The minimum atomic E-state index is 0.768. The second kappa shape index (κ2) is 8.49. The molecular formula is C17H24N4. The summed E-state index contributed by atoms with van der Waals surface area (Å²) in [5.41, 5.74) is 3.69. The van der Waals surface area contributed by atoms with E-state index in [2.05, 4.69) is 58.3 Å². The number of nitrogens with one attached hydrogen (secondary N) is 1. The molecule has 1 aromatic heterocycles. The van der Waals surface area contributed by atoms with Crippen molar-refractivity contribution < 1.29 is 0 Å². The largest absolute Gasteiger partial charge is 0.307 e. The lowest BCUT2D eigenvalue weighted by Gasteiger charge is -2.18. The Morgan fingerprint density at radius 2 is 1.67 bits per heavy atom. The predicted octanol–water partition coefficient (Wildman–Crippen LogP) is 2.61. The fourth-order valence-corrected chi connectivity index (χ4v) is 2.23. The zero-order valence-electron chi connectivity index (χ0n) is 12.9. The maximum atomic E-state index is 4.20. The highest BCUT2D eigenvalue weighted by molar-refractivity contribution is 5.22. The molecule has 0 radical (unpaired) electrons. The summed E-state index contributed by atoms with van der Waals surface area (Å²) < 4.78 is 0. The molecule has 0 aliphatic rings. The number of benzene rings is 1. The molecular weight excluding hydrogens is 260 g/mol. The first-order valence-corrected chi connectivity index (χ1v) is 7.57. The first-order valence-electron chi connectivity index (χ1n) is 7.57. The van der Waals surface area contributed by atoms with Crippen molar-refractivity contribution in [3.05, 3.63) is 59.7 Å². The van der Waals surface area contributed by atoms with Gasteiger partial charge in [-0.3, -0.25) is 4.90 Å². The molecule has 2 aromatic rings. The Hall–Kier alpha value is -1.78. The van der Waals surface area contributed by atoms with Gasteiger partial charge in [0.1, 0.15) is 6.33 Å². The molecule has 1 heterocycles. The highest BCUT2D eigenvalue weighted by Crippen LogP contribution is 2.07. The third-order valence-corrected chi connectivity index (χ3v) is 3.60. The Morgan fingerprint density at radius 1 is 0.952 bits per heavy atom. The van der Waals surface area contributed by atoms with E-state index in [-0.39, 0.29) is 0 Å². The van der Waals surface area contributed by atoms with Gasteiger partial charge < -0.3 is 5.32 Å².